The van der Waals surface area contributed by atoms with E-state index in [1.807, 2.05) is 0 Å². The monoisotopic (exact) mass is 470 g/mol. The molecule has 0 spiro atoms. The summed E-state index contributed by atoms with van der Waals surface area (Å²) in [5.41, 5.74) is 0.244. The number of aromatic nitrogens is 4. The number of fused-ring (bicyclic) bond motifs is 1. The Balaban J connectivity index is 1.47. The molecule has 2 amide bonds. The summed E-state index contributed by atoms with van der Waals surface area (Å²) in [7, 11) is 0. The van der Waals surface area contributed by atoms with E-state index in [1.165, 1.54) is 47.1 Å². The Bertz CT molecular complexity index is 1380. The van der Waals surface area contributed by atoms with Crippen LogP contribution in [0.2, 0.25) is 0 Å². The smallest absolute Gasteiger partial charge is 0.325 e. The van der Waals surface area contributed by atoms with Crippen molar-refractivity contribution in [3.8, 4) is 22.5 Å². The van der Waals surface area contributed by atoms with E-state index in [9.17, 15) is 22.4 Å². The third kappa shape index (κ3) is 4.16. The lowest BCUT2D eigenvalue weighted by molar-refractivity contribution is -0.140. The van der Waals surface area contributed by atoms with Crippen molar-refractivity contribution in [3.05, 3.63) is 66.4 Å². The molecule has 0 aliphatic carbocycles. The van der Waals surface area contributed by atoms with Crippen molar-refractivity contribution >= 4 is 17.4 Å². The number of nitrogens with zero attached hydrogens (tertiary/aromatic N) is 5. The number of amides is 2. The van der Waals surface area contributed by atoms with Gasteiger partial charge in [-0.25, -0.2) is 18.7 Å². The fraction of sp³-hybridized carbons (Fsp3) is 0.217. The Hall–Kier alpha value is -4.02. The van der Waals surface area contributed by atoms with Gasteiger partial charge in [0.15, 0.2) is 11.3 Å². The van der Waals surface area contributed by atoms with Gasteiger partial charge in [-0.05, 0) is 55.3 Å². The van der Waals surface area contributed by atoms with Crippen LogP contribution in [0.25, 0.3) is 28.2 Å². The molecular formula is C23H18F4N6O. The van der Waals surface area contributed by atoms with Gasteiger partial charge in [-0.2, -0.15) is 18.3 Å². The minimum absolute atomic E-state index is 0.0188. The zero-order valence-electron chi connectivity index (χ0n) is 17.7. The fourth-order valence-electron chi connectivity index (χ4n) is 3.90. The number of urea groups is 1. The molecule has 1 saturated heterocycles. The molecular weight excluding hydrogens is 452 g/mol. The van der Waals surface area contributed by atoms with Crippen LogP contribution in [0.15, 0.2) is 54.9 Å². The van der Waals surface area contributed by atoms with Crippen molar-refractivity contribution in [1.82, 2.24) is 24.5 Å². The number of likely N-dealkylation sites (tertiary alicyclic amines) is 1. The van der Waals surface area contributed by atoms with E-state index in [0.29, 0.717) is 30.0 Å². The normalized spacial score (nSPS) is 14.1. The number of carbonyl (C=O) groups excluding carboxylic acids is 1. The van der Waals surface area contributed by atoms with Gasteiger partial charge in [0.2, 0.25) is 0 Å². The van der Waals surface area contributed by atoms with Crippen molar-refractivity contribution < 1.29 is 22.4 Å². The largest absolute Gasteiger partial charge is 0.434 e. The standard InChI is InChI=1S/C23H18F4N6O/c24-16-6-5-14(12-18(16)30-22(34)32-10-1-2-11-32)19-13-33-20(29-19)8-7-17(31-33)15-4-3-9-28-21(15)23(25,26)27/h3-9,12-13H,1-2,10-11H2,(H,30,34). The van der Waals surface area contributed by atoms with E-state index in [4.69, 9.17) is 0 Å². The lowest BCUT2D eigenvalue weighted by atomic mass is 10.1. The first kappa shape index (κ1) is 21.8. The van der Waals surface area contributed by atoms with Gasteiger partial charge in [0.1, 0.15) is 5.82 Å². The van der Waals surface area contributed by atoms with Crippen molar-refractivity contribution in [1.29, 1.82) is 0 Å². The molecule has 1 aliphatic heterocycles. The first-order valence-electron chi connectivity index (χ1n) is 10.5. The summed E-state index contributed by atoms with van der Waals surface area (Å²) in [6, 6.07) is 9.52. The van der Waals surface area contributed by atoms with Crippen LogP contribution < -0.4 is 5.32 Å². The number of hydrogen-bond donors (Lipinski definition) is 1. The maximum Gasteiger partial charge on any atom is 0.434 e. The second kappa shape index (κ2) is 8.40. The van der Waals surface area contributed by atoms with Gasteiger partial charge in [-0.1, -0.05) is 0 Å². The molecule has 4 heterocycles. The molecule has 1 aromatic carbocycles. The second-order valence-electron chi connectivity index (χ2n) is 7.86. The number of carbonyl (C=O) groups is 1. The summed E-state index contributed by atoms with van der Waals surface area (Å²) in [5, 5.41) is 6.87. The van der Waals surface area contributed by atoms with E-state index in [2.05, 4.69) is 20.4 Å². The van der Waals surface area contributed by atoms with Crippen molar-refractivity contribution in [2.75, 3.05) is 18.4 Å². The van der Waals surface area contributed by atoms with Crippen molar-refractivity contribution in [2.24, 2.45) is 0 Å². The molecule has 4 aromatic rings. The molecule has 11 heteroatoms. The van der Waals surface area contributed by atoms with E-state index in [-0.39, 0.29) is 23.0 Å². The van der Waals surface area contributed by atoms with Crippen molar-refractivity contribution in [3.63, 3.8) is 0 Å². The molecule has 7 nitrogen and oxygen atoms in total. The quantitative estimate of drug-likeness (QED) is 0.416. The number of pyridine rings is 1. The molecule has 5 rings (SSSR count). The van der Waals surface area contributed by atoms with Crippen LogP contribution in [-0.4, -0.2) is 43.6 Å². The van der Waals surface area contributed by atoms with Crippen LogP contribution in [0.3, 0.4) is 0 Å². The van der Waals surface area contributed by atoms with Crippen LogP contribution in [0.5, 0.6) is 0 Å². The van der Waals surface area contributed by atoms with Gasteiger partial charge in [0.25, 0.3) is 0 Å². The molecule has 174 valence electrons. The fourth-order valence-corrected chi connectivity index (χ4v) is 3.90. The third-order valence-electron chi connectivity index (χ3n) is 5.57. The van der Waals surface area contributed by atoms with E-state index >= 15 is 0 Å². The maximum atomic E-state index is 14.3. The van der Waals surface area contributed by atoms with E-state index in [0.717, 1.165) is 19.0 Å². The third-order valence-corrected chi connectivity index (χ3v) is 5.57. The Kier molecular flexibility index (Phi) is 5.39. The molecule has 1 fully saturated rings. The Morgan fingerprint density at radius 3 is 2.59 bits per heavy atom. The number of nitrogens with one attached hydrogen (secondary N) is 1. The average Bonchev–Trinajstić information content (AvgIpc) is 3.50. The average molecular weight is 470 g/mol. The van der Waals surface area contributed by atoms with E-state index in [1.54, 1.807) is 11.0 Å². The molecule has 3 aromatic heterocycles. The number of anilines is 1. The van der Waals surface area contributed by atoms with Crippen LogP contribution in [0, 0.1) is 5.82 Å². The maximum absolute atomic E-state index is 14.3. The molecule has 0 radical (unpaired) electrons. The molecule has 0 bridgehead atoms. The van der Waals surface area contributed by atoms with Gasteiger partial charge in [-0.3, -0.25) is 4.98 Å². The number of rotatable bonds is 3. The summed E-state index contributed by atoms with van der Waals surface area (Å²) < 4.78 is 55.8. The van der Waals surface area contributed by atoms with Crippen molar-refractivity contribution in [2.45, 2.75) is 19.0 Å². The Morgan fingerprint density at radius 1 is 1.03 bits per heavy atom. The van der Waals surface area contributed by atoms with Gasteiger partial charge in [0.05, 0.1) is 23.3 Å². The van der Waals surface area contributed by atoms with Gasteiger partial charge in [-0.15, -0.1) is 0 Å². The SMILES string of the molecule is O=C(Nc1cc(-c2cn3nc(-c4cccnc4C(F)(F)F)ccc3n2)ccc1F)N1CCCC1. The first-order valence-corrected chi connectivity index (χ1v) is 10.5. The minimum Gasteiger partial charge on any atom is -0.325 e. The summed E-state index contributed by atoms with van der Waals surface area (Å²) in [6.07, 6.45) is -0.195. The number of hydrogen-bond acceptors (Lipinski definition) is 4. The van der Waals surface area contributed by atoms with Gasteiger partial charge >= 0.3 is 12.2 Å². The molecule has 34 heavy (non-hydrogen) atoms. The molecule has 0 saturated carbocycles. The summed E-state index contributed by atoms with van der Waals surface area (Å²) >= 11 is 0. The molecule has 0 unspecified atom stereocenters. The number of imidazole rings is 1. The van der Waals surface area contributed by atoms with Crippen LogP contribution in [0.4, 0.5) is 28.0 Å². The molecule has 0 atom stereocenters. The topological polar surface area (TPSA) is 75.4 Å². The number of halogens is 4. The zero-order chi connectivity index (χ0) is 23.9. The Morgan fingerprint density at radius 2 is 1.82 bits per heavy atom. The highest BCUT2D eigenvalue weighted by molar-refractivity contribution is 5.90. The van der Waals surface area contributed by atoms with Crippen LogP contribution in [0.1, 0.15) is 18.5 Å². The summed E-state index contributed by atoms with van der Waals surface area (Å²) in [5.74, 6) is -0.586. The van der Waals surface area contributed by atoms with Gasteiger partial charge in [0, 0.05) is 30.4 Å². The Labute approximate surface area is 191 Å². The second-order valence-corrected chi connectivity index (χ2v) is 7.86. The van der Waals surface area contributed by atoms with Gasteiger partial charge < -0.3 is 10.2 Å². The molecule has 1 aliphatic rings. The first-order chi connectivity index (χ1) is 16.3. The highest BCUT2D eigenvalue weighted by Gasteiger charge is 2.35. The highest BCUT2D eigenvalue weighted by Crippen LogP contribution is 2.34. The van der Waals surface area contributed by atoms with E-state index < -0.39 is 17.7 Å². The number of benzene rings is 1. The predicted octanol–water partition coefficient (Wildman–Crippen LogP) is 5.24. The minimum atomic E-state index is -4.63. The zero-order valence-corrected chi connectivity index (χ0v) is 17.7. The highest BCUT2D eigenvalue weighted by atomic mass is 19.4. The summed E-state index contributed by atoms with van der Waals surface area (Å²) in [6.45, 7) is 1.25. The lowest BCUT2D eigenvalue weighted by Gasteiger charge is -2.16. The summed E-state index contributed by atoms with van der Waals surface area (Å²) in [4.78, 5) is 21.9. The molecule has 1 N–H and O–H groups in total. The lowest BCUT2D eigenvalue weighted by Crippen LogP contribution is -2.32. The number of alkyl halides is 3. The van der Waals surface area contributed by atoms with Crippen LogP contribution in [-0.2, 0) is 6.18 Å². The predicted molar refractivity (Wildman–Crippen MR) is 116 cm³/mol. The van der Waals surface area contributed by atoms with Crippen LogP contribution >= 0.6 is 0 Å².